The number of hydrogen-bond acceptors (Lipinski definition) is 5. The van der Waals surface area contributed by atoms with Crippen molar-refractivity contribution >= 4 is 5.97 Å². The maximum atomic E-state index is 11.6. The van der Waals surface area contributed by atoms with Crippen molar-refractivity contribution in [3.8, 4) is 34.0 Å². The highest BCUT2D eigenvalue weighted by Gasteiger charge is 2.26. The van der Waals surface area contributed by atoms with E-state index in [1.165, 1.54) is 10.9 Å². The molecular formula is C20H18N2O5. The molecule has 0 fully saturated rings. The summed E-state index contributed by atoms with van der Waals surface area (Å²) in [7, 11) is 0. The van der Waals surface area contributed by atoms with Gasteiger partial charge in [0, 0.05) is 11.1 Å². The van der Waals surface area contributed by atoms with E-state index in [0.717, 1.165) is 11.1 Å². The number of carboxylic acid groups (broad SMARTS) is 1. The molecule has 138 valence electrons. The van der Waals surface area contributed by atoms with Crippen LogP contribution in [0.3, 0.4) is 0 Å². The highest BCUT2D eigenvalue weighted by molar-refractivity contribution is 5.82. The predicted molar refractivity (Wildman–Crippen MR) is 97.8 cm³/mol. The van der Waals surface area contributed by atoms with Crippen molar-refractivity contribution in [2.45, 2.75) is 6.04 Å². The summed E-state index contributed by atoms with van der Waals surface area (Å²) in [6.45, 7) is 0.401. The molecule has 0 aliphatic carbocycles. The third-order valence-electron chi connectivity index (χ3n) is 4.45. The van der Waals surface area contributed by atoms with Crippen molar-refractivity contribution in [2.24, 2.45) is 0 Å². The number of aliphatic hydroxyl groups is 1. The van der Waals surface area contributed by atoms with Crippen LogP contribution in [0.2, 0.25) is 0 Å². The van der Waals surface area contributed by atoms with Gasteiger partial charge in [-0.2, -0.15) is 0 Å². The van der Waals surface area contributed by atoms with Crippen molar-refractivity contribution in [1.82, 2.24) is 9.55 Å². The molecule has 0 saturated carbocycles. The third-order valence-corrected chi connectivity index (χ3v) is 4.45. The van der Waals surface area contributed by atoms with Gasteiger partial charge in [-0.25, -0.2) is 9.78 Å². The van der Waals surface area contributed by atoms with Crippen LogP contribution < -0.4 is 9.47 Å². The molecule has 1 aliphatic rings. The van der Waals surface area contributed by atoms with E-state index in [2.05, 4.69) is 4.98 Å². The molecule has 0 amide bonds. The number of hydrogen-bond donors (Lipinski definition) is 2. The normalized spacial score (nSPS) is 14.0. The van der Waals surface area contributed by atoms with Gasteiger partial charge in [-0.15, -0.1) is 0 Å². The smallest absolute Gasteiger partial charge is 0.329 e. The van der Waals surface area contributed by atoms with Crippen LogP contribution in [0, 0.1) is 0 Å². The molecular weight excluding hydrogens is 348 g/mol. The summed E-state index contributed by atoms with van der Waals surface area (Å²) in [5.74, 6) is 0.115. The summed E-state index contributed by atoms with van der Waals surface area (Å²) in [5, 5.41) is 19.1. The molecule has 0 unspecified atom stereocenters. The summed E-state index contributed by atoms with van der Waals surface area (Å²) in [4.78, 5) is 16.1. The number of imidazole rings is 1. The van der Waals surface area contributed by atoms with Crippen molar-refractivity contribution in [3.05, 3.63) is 54.9 Å². The second-order valence-electron chi connectivity index (χ2n) is 6.11. The second kappa shape index (κ2) is 7.13. The Kier molecular flexibility index (Phi) is 4.52. The van der Waals surface area contributed by atoms with E-state index in [0.29, 0.717) is 36.1 Å². The minimum absolute atomic E-state index is 0.454. The van der Waals surface area contributed by atoms with Crippen LogP contribution in [0.5, 0.6) is 11.5 Å². The Morgan fingerprint density at radius 2 is 1.81 bits per heavy atom. The number of rotatable bonds is 5. The first-order chi connectivity index (χ1) is 13.2. The van der Waals surface area contributed by atoms with Crippen LogP contribution in [0.15, 0.2) is 54.9 Å². The van der Waals surface area contributed by atoms with E-state index in [1.54, 1.807) is 6.07 Å². The van der Waals surface area contributed by atoms with E-state index in [-0.39, 0.29) is 0 Å². The quantitative estimate of drug-likeness (QED) is 0.721. The topological polar surface area (TPSA) is 93.8 Å². The van der Waals surface area contributed by atoms with Crippen molar-refractivity contribution in [3.63, 3.8) is 0 Å². The maximum Gasteiger partial charge on any atom is 0.329 e. The van der Waals surface area contributed by atoms with Gasteiger partial charge in [0.2, 0.25) is 0 Å². The van der Waals surface area contributed by atoms with Crippen molar-refractivity contribution in [1.29, 1.82) is 0 Å². The lowest BCUT2D eigenvalue weighted by atomic mass is 10.0. The summed E-state index contributed by atoms with van der Waals surface area (Å²) < 4.78 is 12.7. The van der Waals surface area contributed by atoms with E-state index >= 15 is 0 Å². The zero-order chi connectivity index (χ0) is 18.8. The van der Waals surface area contributed by atoms with Gasteiger partial charge in [-0.3, -0.25) is 0 Å². The van der Waals surface area contributed by atoms with Crippen LogP contribution in [0.4, 0.5) is 0 Å². The van der Waals surface area contributed by atoms with Crippen LogP contribution in [0.25, 0.3) is 22.5 Å². The van der Waals surface area contributed by atoms with Gasteiger partial charge < -0.3 is 24.3 Å². The molecule has 0 bridgehead atoms. The Hall–Kier alpha value is -3.32. The number of ether oxygens (including phenoxy) is 2. The van der Waals surface area contributed by atoms with Gasteiger partial charge in [0.05, 0.1) is 24.3 Å². The number of carboxylic acids is 1. The summed E-state index contributed by atoms with van der Waals surface area (Å²) in [6, 6.07) is 13.8. The zero-order valence-electron chi connectivity index (χ0n) is 14.4. The van der Waals surface area contributed by atoms with Gasteiger partial charge in [-0.05, 0) is 18.2 Å². The van der Waals surface area contributed by atoms with Crippen molar-refractivity contribution in [2.75, 3.05) is 19.8 Å². The maximum absolute atomic E-state index is 11.6. The van der Waals surface area contributed by atoms with Crippen LogP contribution in [0.1, 0.15) is 6.04 Å². The fraction of sp³-hybridized carbons (Fsp3) is 0.200. The van der Waals surface area contributed by atoms with E-state index in [1.807, 2.05) is 42.5 Å². The molecule has 0 saturated heterocycles. The molecule has 1 atom stereocenters. The highest BCUT2D eigenvalue weighted by Crippen LogP contribution is 2.38. The minimum atomic E-state index is -1.14. The lowest BCUT2D eigenvalue weighted by molar-refractivity contribution is -0.142. The number of fused-ring (bicyclic) bond motifs is 1. The number of aliphatic carboxylic acids is 1. The number of nitrogens with zero attached hydrogens (tertiary/aromatic N) is 2. The molecule has 0 radical (unpaired) electrons. The van der Waals surface area contributed by atoms with E-state index in [9.17, 15) is 15.0 Å². The van der Waals surface area contributed by atoms with Crippen LogP contribution in [-0.2, 0) is 4.79 Å². The number of carbonyl (C=O) groups is 1. The van der Waals surface area contributed by atoms with Crippen LogP contribution in [-0.4, -0.2) is 45.6 Å². The van der Waals surface area contributed by atoms with Gasteiger partial charge in [-0.1, -0.05) is 30.3 Å². The molecule has 2 N–H and O–H groups in total. The molecule has 4 rings (SSSR count). The molecule has 27 heavy (non-hydrogen) atoms. The minimum Gasteiger partial charge on any atom is -0.486 e. The standard InChI is InChI=1S/C20H18N2O5/c23-11-15(20(24)25)22-12-21-18(13-4-2-1-3-5-13)19(22)14-6-7-16-17(10-14)27-9-8-26-16/h1-7,10,12,15,23H,8-9,11H2,(H,24,25)/t15-/m1/s1. The average Bonchev–Trinajstić information content (AvgIpc) is 3.13. The largest absolute Gasteiger partial charge is 0.486 e. The second-order valence-corrected chi connectivity index (χ2v) is 6.11. The van der Waals surface area contributed by atoms with Gasteiger partial charge in [0.15, 0.2) is 17.5 Å². The fourth-order valence-corrected chi connectivity index (χ4v) is 3.17. The fourth-order valence-electron chi connectivity index (χ4n) is 3.17. The molecule has 0 spiro atoms. The Morgan fingerprint density at radius 3 is 2.52 bits per heavy atom. The molecule has 1 aromatic heterocycles. The average molecular weight is 366 g/mol. The molecule has 2 heterocycles. The molecule has 7 nitrogen and oxygen atoms in total. The Balaban J connectivity index is 1.91. The third kappa shape index (κ3) is 3.13. The molecule has 3 aromatic rings. The highest BCUT2D eigenvalue weighted by atomic mass is 16.6. The molecule has 7 heteroatoms. The number of benzene rings is 2. The Bertz CT molecular complexity index is 968. The first kappa shape index (κ1) is 17.1. The monoisotopic (exact) mass is 366 g/mol. The van der Waals surface area contributed by atoms with Gasteiger partial charge in [0.1, 0.15) is 13.2 Å². The van der Waals surface area contributed by atoms with Gasteiger partial charge >= 0.3 is 5.97 Å². The van der Waals surface area contributed by atoms with E-state index < -0.39 is 18.6 Å². The predicted octanol–water partition coefficient (Wildman–Crippen LogP) is 2.61. The zero-order valence-corrected chi connectivity index (χ0v) is 14.4. The number of aliphatic hydroxyl groups excluding tert-OH is 1. The summed E-state index contributed by atoms with van der Waals surface area (Å²) >= 11 is 0. The summed E-state index contributed by atoms with van der Waals surface area (Å²) in [5.41, 5.74) is 2.81. The molecule has 1 aliphatic heterocycles. The Labute approximate surface area is 155 Å². The van der Waals surface area contributed by atoms with Crippen molar-refractivity contribution < 1.29 is 24.5 Å². The lowest BCUT2D eigenvalue weighted by Crippen LogP contribution is -2.22. The first-order valence-electron chi connectivity index (χ1n) is 8.55. The lowest BCUT2D eigenvalue weighted by Gasteiger charge is -2.20. The van der Waals surface area contributed by atoms with Crippen LogP contribution >= 0.6 is 0 Å². The molecule has 2 aromatic carbocycles. The van der Waals surface area contributed by atoms with Gasteiger partial charge in [0.25, 0.3) is 0 Å². The SMILES string of the molecule is O=C(O)[C@@H](CO)n1cnc(-c2ccccc2)c1-c1ccc2c(c1)OCCO2. The summed E-state index contributed by atoms with van der Waals surface area (Å²) in [6.07, 6.45) is 1.45. The first-order valence-corrected chi connectivity index (χ1v) is 8.55. The Morgan fingerprint density at radius 1 is 1.07 bits per heavy atom. The van der Waals surface area contributed by atoms with E-state index in [4.69, 9.17) is 9.47 Å². The number of aromatic nitrogens is 2.